The molecule has 1 aromatic heterocycles. The van der Waals surface area contributed by atoms with E-state index in [2.05, 4.69) is 35.5 Å². The first-order valence-corrected chi connectivity index (χ1v) is 5.67. The lowest BCUT2D eigenvalue weighted by Gasteiger charge is -2.32. The molecule has 1 saturated carbocycles. The Morgan fingerprint density at radius 1 is 1.50 bits per heavy atom. The second kappa shape index (κ2) is 3.50. The minimum atomic E-state index is 0.409. The smallest absolute Gasteiger partial charge is 0.195 e. The maximum Gasteiger partial charge on any atom is 0.195 e. The Kier molecular flexibility index (Phi) is 2.47. The molecule has 78 valence electrons. The van der Waals surface area contributed by atoms with Gasteiger partial charge in [-0.15, -0.1) is 0 Å². The predicted molar refractivity (Wildman–Crippen MR) is 58.9 cm³/mol. The summed E-state index contributed by atoms with van der Waals surface area (Å²) in [5.41, 5.74) is 0. The number of hydrogen-bond donors (Lipinski definition) is 1. The van der Waals surface area contributed by atoms with E-state index in [1.165, 1.54) is 12.8 Å². The van der Waals surface area contributed by atoms with Crippen molar-refractivity contribution in [3.63, 3.8) is 0 Å². The molecule has 1 N–H and O–H groups in total. The number of rotatable bonds is 2. The molecule has 0 atom stereocenters. The summed E-state index contributed by atoms with van der Waals surface area (Å²) >= 11 is 5.21. The van der Waals surface area contributed by atoms with Gasteiger partial charge < -0.3 is 4.57 Å². The molecule has 2 rings (SSSR count). The zero-order chi connectivity index (χ0) is 10.3. The fraction of sp³-hybridized carbons (Fsp3) is 0.800. The molecule has 14 heavy (non-hydrogen) atoms. The maximum absolute atomic E-state index is 5.21. The van der Waals surface area contributed by atoms with Crippen LogP contribution in [0.1, 0.15) is 51.4 Å². The van der Waals surface area contributed by atoms with Gasteiger partial charge in [-0.25, -0.2) is 0 Å². The molecule has 1 aromatic rings. The van der Waals surface area contributed by atoms with Gasteiger partial charge in [-0.3, -0.25) is 5.10 Å². The number of aromatic amines is 1. The van der Waals surface area contributed by atoms with Crippen molar-refractivity contribution in [2.24, 2.45) is 5.92 Å². The van der Waals surface area contributed by atoms with Crippen molar-refractivity contribution in [3.8, 4) is 0 Å². The molecule has 1 fully saturated rings. The molecule has 0 bridgehead atoms. The summed E-state index contributed by atoms with van der Waals surface area (Å²) in [6.45, 7) is 6.59. The van der Waals surface area contributed by atoms with Gasteiger partial charge in [0.05, 0.1) is 0 Å². The van der Waals surface area contributed by atoms with Crippen LogP contribution >= 0.6 is 12.2 Å². The molecule has 0 amide bonds. The average molecular weight is 211 g/mol. The molecule has 1 aliphatic rings. The van der Waals surface area contributed by atoms with E-state index < -0.39 is 0 Å². The van der Waals surface area contributed by atoms with Crippen LogP contribution in [0.5, 0.6) is 0 Å². The highest BCUT2D eigenvalue weighted by atomic mass is 32.1. The van der Waals surface area contributed by atoms with Gasteiger partial charge in [-0.05, 0) is 44.8 Å². The first-order chi connectivity index (χ1) is 6.59. The quantitative estimate of drug-likeness (QED) is 0.763. The van der Waals surface area contributed by atoms with Crippen molar-refractivity contribution in [1.29, 1.82) is 0 Å². The molecule has 0 aromatic carbocycles. The molecule has 0 saturated heterocycles. The van der Waals surface area contributed by atoms with Gasteiger partial charge in [0.15, 0.2) is 4.77 Å². The topological polar surface area (TPSA) is 33.6 Å². The van der Waals surface area contributed by atoms with Gasteiger partial charge in [0.25, 0.3) is 0 Å². The molecular formula is C10H17N3S. The highest BCUT2D eigenvalue weighted by Gasteiger charge is 2.31. The van der Waals surface area contributed by atoms with E-state index in [0.29, 0.717) is 12.0 Å². The number of aromatic nitrogens is 3. The van der Waals surface area contributed by atoms with Crippen LogP contribution in [0.3, 0.4) is 0 Å². The third-order valence-corrected chi connectivity index (χ3v) is 3.28. The summed E-state index contributed by atoms with van der Waals surface area (Å²) in [5, 5.41) is 7.24. The Morgan fingerprint density at radius 2 is 2.14 bits per heavy atom. The van der Waals surface area contributed by atoms with Crippen LogP contribution in [-0.2, 0) is 0 Å². The Bertz CT molecular complexity index is 371. The second-order valence-electron chi connectivity index (χ2n) is 4.62. The van der Waals surface area contributed by atoms with Crippen LogP contribution in [0.25, 0.3) is 0 Å². The Labute approximate surface area is 89.5 Å². The van der Waals surface area contributed by atoms with E-state index >= 15 is 0 Å². The van der Waals surface area contributed by atoms with Crippen LogP contribution in [0.4, 0.5) is 0 Å². The van der Waals surface area contributed by atoms with Gasteiger partial charge in [0, 0.05) is 12.0 Å². The lowest BCUT2D eigenvalue weighted by molar-refractivity contribution is 0.268. The van der Waals surface area contributed by atoms with Crippen molar-refractivity contribution in [1.82, 2.24) is 14.8 Å². The number of H-pyrrole nitrogens is 1. The molecule has 0 unspecified atom stereocenters. The lowest BCUT2D eigenvalue weighted by atomic mass is 9.75. The first kappa shape index (κ1) is 9.90. The van der Waals surface area contributed by atoms with Crippen LogP contribution in [0.15, 0.2) is 0 Å². The lowest BCUT2D eigenvalue weighted by Crippen LogP contribution is -2.23. The summed E-state index contributed by atoms with van der Waals surface area (Å²) in [6.07, 6.45) is 2.51. The van der Waals surface area contributed by atoms with Gasteiger partial charge in [0.2, 0.25) is 0 Å². The molecule has 0 spiro atoms. The Balaban J connectivity index is 2.30. The van der Waals surface area contributed by atoms with Crippen molar-refractivity contribution < 1.29 is 0 Å². The van der Waals surface area contributed by atoms with Gasteiger partial charge in [0.1, 0.15) is 5.82 Å². The van der Waals surface area contributed by atoms with Crippen molar-refractivity contribution in [2.45, 2.75) is 45.6 Å². The highest BCUT2D eigenvalue weighted by Crippen LogP contribution is 2.40. The van der Waals surface area contributed by atoms with E-state index in [9.17, 15) is 0 Å². The van der Waals surface area contributed by atoms with Gasteiger partial charge >= 0.3 is 0 Å². The Morgan fingerprint density at radius 3 is 2.64 bits per heavy atom. The van der Waals surface area contributed by atoms with Crippen molar-refractivity contribution in [3.05, 3.63) is 10.6 Å². The first-order valence-electron chi connectivity index (χ1n) is 5.26. The molecule has 0 aliphatic heterocycles. The molecule has 1 heterocycles. The zero-order valence-electron chi connectivity index (χ0n) is 8.95. The molecule has 1 aliphatic carbocycles. The van der Waals surface area contributed by atoms with Crippen LogP contribution in [-0.4, -0.2) is 14.8 Å². The number of hydrogen-bond acceptors (Lipinski definition) is 2. The van der Waals surface area contributed by atoms with E-state index in [1.807, 2.05) is 0 Å². The predicted octanol–water partition coefficient (Wildman–Crippen LogP) is 3.04. The molecule has 3 nitrogen and oxygen atoms in total. The van der Waals surface area contributed by atoms with Crippen LogP contribution in [0, 0.1) is 10.7 Å². The summed E-state index contributed by atoms with van der Waals surface area (Å²) in [5.74, 6) is 2.63. The van der Waals surface area contributed by atoms with Gasteiger partial charge in [-0.1, -0.05) is 6.92 Å². The molecule has 0 radical (unpaired) electrons. The standard InChI is InChI=1S/C10H17N3S/c1-6(2)13-9(11-12-10(13)14)8-4-7(3)5-8/h6-8H,4-5H2,1-3H3,(H,12,14). The van der Waals surface area contributed by atoms with Crippen LogP contribution < -0.4 is 0 Å². The summed E-state index contributed by atoms with van der Waals surface area (Å²) in [7, 11) is 0. The molecule has 4 heteroatoms. The summed E-state index contributed by atoms with van der Waals surface area (Å²) in [4.78, 5) is 0. The van der Waals surface area contributed by atoms with E-state index in [-0.39, 0.29) is 0 Å². The van der Waals surface area contributed by atoms with Crippen molar-refractivity contribution >= 4 is 12.2 Å². The third kappa shape index (κ3) is 1.52. The van der Waals surface area contributed by atoms with Crippen LogP contribution in [0.2, 0.25) is 0 Å². The minimum Gasteiger partial charge on any atom is -0.301 e. The number of nitrogens with zero attached hydrogens (tertiary/aromatic N) is 2. The zero-order valence-corrected chi connectivity index (χ0v) is 9.77. The fourth-order valence-corrected chi connectivity index (χ4v) is 2.57. The fourth-order valence-electron chi connectivity index (χ4n) is 2.22. The molecular weight excluding hydrogens is 194 g/mol. The normalized spacial score (nSPS) is 26.6. The third-order valence-electron chi connectivity index (χ3n) is 2.99. The SMILES string of the molecule is CC1CC(c2n[nH]c(=S)n2C(C)C)C1. The second-order valence-corrected chi connectivity index (χ2v) is 5.01. The van der Waals surface area contributed by atoms with Gasteiger partial charge in [-0.2, -0.15) is 5.10 Å². The monoisotopic (exact) mass is 211 g/mol. The minimum absolute atomic E-state index is 0.409. The number of nitrogens with one attached hydrogen (secondary N) is 1. The van der Waals surface area contributed by atoms with Crippen molar-refractivity contribution in [2.75, 3.05) is 0 Å². The summed E-state index contributed by atoms with van der Waals surface area (Å²) < 4.78 is 2.90. The largest absolute Gasteiger partial charge is 0.301 e. The average Bonchev–Trinajstić information content (AvgIpc) is 2.41. The highest BCUT2D eigenvalue weighted by molar-refractivity contribution is 7.71. The summed E-state index contributed by atoms with van der Waals surface area (Å²) in [6, 6.07) is 0.409. The Hall–Kier alpha value is -0.640. The maximum atomic E-state index is 5.21. The van der Waals surface area contributed by atoms with E-state index in [4.69, 9.17) is 12.2 Å². The van der Waals surface area contributed by atoms with E-state index in [1.54, 1.807) is 0 Å². The van der Waals surface area contributed by atoms with E-state index in [0.717, 1.165) is 16.5 Å².